The van der Waals surface area contributed by atoms with E-state index >= 15 is 0 Å². The molecule has 0 atom stereocenters. The SMILES string of the molecule is CCOC(=O)C(=C/C=C1\SCCN1C)C(=O)OCC. The molecule has 0 aromatic rings. The Hall–Kier alpha value is -1.43. The molecule has 1 aliphatic rings. The molecular weight excluding hydrogens is 266 g/mol. The Kier molecular flexibility index (Phi) is 6.49. The predicted molar refractivity (Wildman–Crippen MR) is 74.5 cm³/mol. The Morgan fingerprint density at radius 1 is 1.26 bits per heavy atom. The molecule has 19 heavy (non-hydrogen) atoms. The third-order valence-electron chi connectivity index (χ3n) is 2.44. The van der Waals surface area contributed by atoms with Crippen LogP contribution < -0.4 is 0 Å². The molecule has 5 nitrogen and oxygen atoms in total. The highest BCUT2D eigenvalue weighted by atomic mass is 32.2. The van der Waals surface area contributed by atoms with Gasteiger partial charge in [0.25, 0.3) is 0 Å². The van der Waals surface area contributed by atoms with Crippen LogP contribution in [-0.4, -0.2) is 49.4 Å². The first-order valence-electron chi connectivity index (χ1n) is 6.20. The van der Waals surface area contributed by atoms with Gasteiger partial charge in [-0.2, -0.15) is 0 Å². The molecule has 0 aromatic heterocycles. The van der Waals surface area contributed by atoms with Crippen molar-refractivity contribution in [3.05, 3.63) is 22.8 Å². The Labute approximate surface area is 117 Å². The largest absolute Gasteiger partial charge is 0.462 e. The number of allylic oxidation sites excluding steroid dienone is 2. The van der Waals surface area contributed by atoms with Gasteiger partial charge in [0.05, 0.1) is 18.2 Å². The lowest BCUT2D eigenvalue weighted by Crippen LogP contribution is -2.18. The highest BCUT2D eigenvalue weighted by molar-refractivity contribution is 8.03. The minimum Gasteiger partial charge on any atom is -0.462 e. The van der Waals surface area contributed by atoms with Gasteiger partial charge in [-0.3, -0.25) is 0 Å². The number of ether oxygens (including phenoxy) is 2. The fraction of sp³-hybridized carbons (Fsp3) is 0.538. The van der Waals surface area contributed by atoms with E-state index in [4.69, 9.17) is 9.47 Å². The lowest BCUT2D eigenvalue weighted by molar-refractivity contribution is -0.146. The van der Waals surface area contributed by atoms with Crippen molar-refractivity contribution in [1.29, 1.82) is 0 Å². The number of carbonyl (C=O) groups is 2. The zero-order chi connectivity index (χ0) is 14.3. The standard InChI is InChI=1S/C13H19NO4S/c1-4-17-12(15)10(13(16)18-5-2)6-7-11-14(3)8-9-19-11/h6-7H,4-5,8-9H2,1-3H3/b11-7-. The number of esters is 2. The lowest BCUT2D eigenvalue weighted by Gasteiger charge is -2.10. The first-order chi connectivity index (χ1) is 9.10. The molecular formula is C13H19NO4S. The molecule has 0 saturated carbocycles. The Morgan fingerprint density at radius 2 is 1.84 bits per heavy atom. The topological polar surface area (TPSA) is 55.8 Å². The maximum atomic E-state index is 11.7. The van der Waals surface area contributed by atoms with Gasteiger partial charge in [-0.25, -0.2) is 9.59 Å². The van der Waals surface area contributed by atoms with E-state index in [-0.39, 0.29) is 18.8 Å². The molecule has 0 aliphatic carbocycles. The Bertz CT molecular complexity index is 383. The van der Waals surface area contributed by atoms with Gasteiger partial charge in [-0.1, -0.05) is 0 Å². The maximum absolute atomic E-state index is 11.7. The monoisotopic (exact) mass is 285 g/mol. The minimum atomic E-state index is -0.650. The third-order valence-corrected chi connectivity index (χ3v) is 3.57. The van der Waals surface area contributed by atoms with Gasteiger partial charge in [0.2, 0.25) is 0 Å². The molecule has 0 N–H and O–H groups in total. The molecule has 1 fully saturated rings. The molecule has 0 amide bonds. The van der Waals surface area contributed by atoms with Crippen LogP contribution in [0.5, 0.6) is 0 Å². The summed E-state index contributed by atoms with van der Waals surface area (Å²) in [6, 6.07) is 0. The van der Waals surface area contributed by atoms with Gasteiger partial charge in [-0.05, 0) is 26.0 Å². The summed E-state index contributed by atoms with van der Waals surface area (Å²) in [6.07, 6.45) is 3.22. The molecule has 0 radical (unpaired) electrons. The van der Waals surface area contributed by atoms with Crippen molar-refractivity contribution in [3.8, 4) is 0 Å². The molecule has 1 rings (SSSR count). The summed E-state index contributed by atoms with van der Waals surface area (Å²) in [6.45, 7) is 4.79. The van der Waals surface area contributed by atoms with Crippen LogP contribution in [0.3, 0.4) is 0 Å². The second kappa shape index (κ2) is 7.89. The van der Waals surface area contributed by atoms with Crippen LogP contribution in [-0.2, 0) is 19.1 Å². The first kappa shape index (κ1) is 15.6. The number of carbonyl (C=O) groups excluding carboxylic acids is 2. The Morgan fingerprint density at radius 3 is 2.26 bits per heavy atom. The smallest absolute Gasteiger partial charge is 0.345 e. The van der Waals surface area contributed by atoms with Crippen LogP contribution in [0.25, 0.3) is 0 Å². The maximum Gasteiger partial charge on any atom is 0.345 e. The third kappa shape index (κ3) is 4.63. The van der Waals surface area contributed by atoms with Crippen molar-refractivity contribution in [2.75, 3.05) is 32.6 Å². The van der Waals surface area contributed by atoms with E-state index in [2.05, 4.69) is 4.90 Å². The van der Waals surface area contributed by atoms with Crippen LogP contribution >= 0.6 is 11.8 Å². The molecule has 0 unspecified atom stereocenters. The van der Waals surface area contributed by atoms with Crippen LogP contribution in [0.4, 0.5) is 0 Å². The molecule has 1 aliphatic heterocycles. The molecule has 106 valence electrons. The summed E-state index contributed by atoms with van der Waals surface area (Å²) in [4.78, 5) is 25.5. The highest BCUT2D eigenvalue weighted by Crippen LogP contribution is 2.25. The predicted octanol–water partition coefficient (Wildman–Crippen LogP) is 1.56. The molecule has 1 saturated heterocycles. The summed E-state index contributed by atoms with van der Waals surface area (Å²) in [7, 11) is 1.97. The van der Waals surface area contributed by atoms with Gasteiger partial charge < -0.3 is 14.4 Å². The van der Waals surface area contributed by atoms with Crippen molar-refractivity contribution >= 4 is 23.7 Å². The molecule has 1 heterocycles. The van der Waals surface area contributed by atoms with E-state index in [9.17, 15) is 9.59 Å². The van der Waals surface area contributed by atoms with E-state index in [1.807, 2.05) is 7.05 Å². The van der Waals surface area contributed by atoms with E-state index in [0.29, 0.717) is 0 Å². The van der Waals surface area contributed by atoms with E-state index in [0.717, 1.165) is 17.3 Å². The summed E-state index contributed by atoms with van der Waals surface area (Å²) in [5.41, 5.74) is -0.0721. The summed E-state index contributed by atoms with van der Waals surface area (Å²) in [5.74, 6) is -0.295. The van der Waals surface area contributed by atoms with Gasteiger partial charge in [0.1, 0.15) is 5.57 Å². The first-order valence-corrected chi connectivity index (χ1v) is 7.18. The van der Waals surface area contributed by atoms with Crippen molar-refractivity contribution in [2.45, 2.75) is 13.8 Å². The van der Waals surface area contributed by atoms with E-state index < -0.39 is 11.9 Å². The second-order valence-electron chi connectivity index (χ2n) is 3.80. The second-order valence-corrected chi connectivity index (χ2v) is 4.91. The van der Waals surface area contributed by atoms with Gasteiger partial charge in [0, 0.05) is 19.3 Å². The summed E-state index contributed by atoms with van der Waals surface area (Å²) < 4.78 is 9.71. The van der Waals surface area contributed by atoms with Crippen LogP contribution in [0.15, 0.2) is 22.8 Å². The van der Waals surface area contributed by atoms with Crippen LogP contribution in [0.2, 0.25) is 0 Å². The van der Waals surface area contributed by atoms with Gasteiger partial charge in [-0.15, -0.1) is 11.8 Å². The quantitative estimate of drug-likeness (QED) is 0.331. The summed E-state index contributed by atoms with van der Waals surface area (Å²) >= 11 is 1.68. The normalized spacial score (nSPS) is 16.4. The van der Waals surface area contributed by atoms with E-state index in [1.54, 1.807) is 31.7 Å². The average Bonchev–Trinajstić information content (AvgIpc) is 2.76. The average molecular weight is 285 g/mol. The number of nitrogens with zero attached hydrogens (tertiary/aromatic N) is 1. The fourth-order valence-electron chi connectivity index (χ4n) is 1.47. The number of rotatable bonds is 5. The van der Waals surface area contributed by atoms with Crippen molar-refractivity contribution < 1.29 is 19.1 Å². The van der Waals surface area contributed by atoms with Crippen molar-refractivity contribution in [3.63, 3.8) is 0 Å². The Balaban J connectivity index is 2.89. The van der Waals surface area contributed by atoms with Gasteiger partial charge in [0.15, 0.2) is 0 Å². The molecule has 6 heteroatoms. The van der Waals surface area contributed by atoms with Crippen LogP contribution in [0, 0.1) is 0 Å². The lowest BCUT2D eigenvalue weighted by atomic mass is 10.2. The highest BCUT2D eigenvalue weighted by Gasteiger charge is 2.21. The molecule has 0 bridgehead atoms. The molecule has 0 aromatic carbocycles. The fourth-order valence-corrected chi connectivity index (χ4v) is 2.52. The number of hydrogen-bond donors (Lipinski definition) is 0. The van der Waals surface area contributed by atoms with E-state index in [1.165, 1.54) is 6.08 Å². The number of hydrogen-bond acceptors (Lipinski definition) is 6. The minimum absolute atomic E-state index is 0.0721. The molecule has 0 spiro atoms. The van der Waals surface area contributed by atoms with Crippen molar-refractivity contribution in [2.24, 2.45) is 0 Å². The van der Waals surface area contributed by atoms with Crippen molar-refractivity contribution in [1.82, 2.24) is 4.90 Å². The summed E-state index contributed by atoms with van der Waals surface area (Å²) in [5, 5.41) is 1.02. The van der Waals surface area contributed by atoms with Crippen LogP contribution in [0.1, 0.15) is 13.8 Å². The van der Waals surface area contributed by atoms with Gasteiger partial charge >= 0.3 is 11.9 Å². The zero-order valence-electron chi connectivity index (χ0n) is 11.5. The zero-order valence-corrected chi connectivity index (χ0v) is 12.3. The number of thioether (sulfide) groups is 1.